The Hall–Kier alpha value is -1.47. The van der Waals surface area contributed by atoms with Crippen molar-refractivity contribution in [1.29, 1.82) is 0 Å². The summed E-state index contributed by atoms with van der Waals surface area (Å²) in [7, 11) is -3.93. The molecule has 0 radical (unpaired) electrons. The lowest BCUT2D eigenvalue weighted by Gasteiger charge is -2.23. The maximum Gasteiger partial charge on any atom is 0.322 e. The molecule has 1 aliphatic rings. The van der Waals surface area contributed by atoms with Crippen LogP contribution in [0.3, 0.4) is 0 Å². The molecule has 7 heteroatoms. The van der Waals surface area contributed by atoms with Crippen molar-refractivity contribution in [2.45, 2.75) is 31.2 Å². The molecule has 0 spiro atoms. The van der Waals surface area contributed by atoms with Crippen LogP contribution in [-0.4, -0.2) is 36.4 Å². The van der Waals surface area contributed by atoms with E-state index in [0.717, 1.165) is 16.4 Å². The van der Waals surface area contributed by atoms with E-state index in [1.807, 2.05) is 0 Å². The van der Waals surface area contributed by atoms with Gasteiger partial charge in [-0.25, -0.2) is 12.8 Å². The number of carbonyl (C=O) groups is 1. The third-order valence-electron chi connectivity index (χ3n) is 3.63. The van der Waals surface area contributed by atoms with Gasteiger partial charge in [-0.1, -0.05) is 6.92 Å². The summed E-state index contributed by atoms with van der Waals surface area (Å²) in [6.07, 6.45) is 0.496. The highest BCUT2D eigenvalue weighted by molar-refractivity contribution is 7.89. The molecule has 5 nitrogen and oxygen atoms in total. The van der Waals surface area contributed by atoms with Crippen molar-refractivity contribution in [3.8, 4) is 0 Å². The minimum atomic E-state index is -3.93. The first-order valence-electron chi connectivity index (χ1n) is 6.26. The molecule has 0 aliphatic carbocycles. The minimum absolute atomic E-state index is 0.0424. The summed E-state index contributed by atoms with van der Waals surface area (Å²) >= 11 is 0. The highest BCUT2D eigenvalue weighted by Gasteiger charge is 2.44. The summed E-state index contributed by atoms with van der Waals surface area (Å²) in [4.78, 5) is 11.2. The molecule has 1 fully saturated rings. The molecule has 110 valence electrons. The average Bonchev–Trinajstić information content (AvgIpc) is 2.71. The van der Waals surface area contributed by atoms with Crippen LogP contribution in [0.25, 0.3) is 0 Å². The number of aliphatic carboxylic acids is 1. The number of hydrogen-bond donors (Lipinski definition) is 1. The van der Waals surface area contributed by atoms with Crippen LogP contribution in [0.1, 0.15) is 18.9 Å². The summed E-state index contributed by atoms with van der Waals surface area (Å²) < 4.78 is 39.2. The van der Waals surface area contributed by atoms with E-state index in [4.69, 9.17) is 0 Å². The predicted molar refractivity (Wildman–Crippen MR) is 70.2 cm³/mol. The monoisotopic (exact) mass is 301 g/mol. The van der Waals surface area contributed by atoms with Gasteiger partial charge in [-0.3, -0.25) is 4.79 Å². The zero-order valence-corrected chi connectivity index (χ0v) is 12.0. The van der Waals surface area contributed by atoms with Gasteiger partial charge >= 0.3 is 5.97 Å². The SMILES string of the molecule is Cc1cc(F)ccc1S(=O)(=O)N1CCC(C)C1C(=O)O. The number of aryl methyl sites for hydroxylation is 1. The van der Waals surface area contributed by atoms with Gasteiger partial charge in [-0.15, -0.1) is 0 Å². The quantitative estimate of drug-likeness (QED) is 0.920. The van der Waals surface area contributed by atoms with Gasteiger partial charge in [0.05, 0.1) is 4.90 Å². The normalized spacial score (nSPS) is 23.9. The second kappa shape index (κ2) is 5.14. The lowest BCUT2D eigenvalue weighted by molar-refractivity contribution is -0.141. The Labute approximate surface area is 117 Å². The van der Waals surface area contributed by atoms with Crippen molar-refractivity contribution in [3.63, 3.8) is 0 Å². The van der Waals surface area contributed by atoms with E-state index in [2.05, 4.69) is 0 Å². The molecule has 20 heavy (non-hydrogen) atoms. The van der Waals surface area contributed by atoms with Gasteiger partial charge < -0.3 is 5.11 Å². The van der Waals surface area contributed by atoms with E-state index in [-0.39, 0.29) is 22.9 Å². The highest BCUT2D eigenvalue weighted by atomic mass is 32.2. The van der Waals surface area contributed by atoms with Gasteiger partial charge in [-0.2, -0.15) is 4.31 Å². The zero-order chi connectivity index (χ0) is 15.1. The topological polar surface area (TPSA) is 74.7 Å². The summed E-state index contributed by atoms with van der Waals surface area (Å²) in [6.45, 7) is 3.37. The number of sulfonamides is 1. The molecular weight excluding hydrogens is 285 g/mol. The van der Waals surface area contributed by atoms with Crippen molar-refractivity contribution in [1.82, 2.24) is 4.31 Å². The van der Waals surface area contributed by atoms with Crippen molar-refractivity contribution >= 4 is 16.0 Å². The zero-order valence-electron chi connectivity index (χ0n) is 11.2. The summed E-state index contributed by atoms with van der Waals surface area (Å²) in [6, 6.07) is 2.31. The Morgan fingerprint density at radius 3 is 2.65 bits per heavy atom. The van der Waals surface area contributed by atoms with Gasteiger partial charge in [0.25, 0.3) is 0 Å². The first-order chi connectivity index (χ1) is 9.25. The lowest BCUT2D eigenvalue weighted by atomic mass is 10.0. The number of hydrogen-bond acceptors (Lipinski definition) is 3. The molecule has 2 atom stereocenters. The predicted octanol–water partition coefficient (Wildman–Crippen LogP) is 1.62. The molecule has 2 rings (SSSR count). The van der Waals surface area contributed by atoms with E-state index < -0.39 is 27.9 Å². The molecular formula is C13H16FNO4S. The number of nitrogens with zero attached hydrogens (tertiary/aromatic N) is 1. The van der Waals surface area contributed by atoms with Gasteiger partial charge in [0.15, 0.2) is 0 Å². The first-order valence-corrected chi connectivity index (χ1v) is 7.70. The van der Waals surface area contributed by atoms with Crippen LogP contribution >= 0.6 is 0 Å². The molecule has 1 heterocycles. The van der Waals surface area contributed by atoms with Gasteiger partial charge in [0, 0.05) is 6.54 Å². The van der Waals surface area contributed by atoms with E-state index in [0.29, 0.717) is 6.42 Å². The van der Waals surface area contributed by atoms with Crippen LogP contribution in [0.5, 0.6) is 0 Å². The van der Waals surface area contributed by atoms with Crippen molar-refractivity contribution < 1.29 is 22.7 Å². The molecule has 1 N–H and O–H groups in total. The molecule has 1 aromatic rings. The molecule has 0 amide bonds. The summed E-state index contributed by atoms with van der Waals surface area (Å²) in [5.41, 5.74) is 0.272. The van der Waals surface area contributed by atoms with E-state index >= 15 is 0 Å². The Balaban J connectivity index is 2.47. The molecule has 2 unspecified atom stereocenters. The van der Waals surface area contributed by atoms with Crippen LogP contribution in [-0.2, 0) is 14.8 Å². The van der Waals surface area contributed by atoms with Crippen LogP contribution < -0.4 is 0 Å². The number of halogens is 1. The molecule has 1 aliphatic heterocycles. The van der Waals surface area contributed by atoms with Gasteiger partial charge in [0.2, 0.25) is 10.0 Å². The Morgan fingerprint density at radius 1 is 1.45 bits per heavy atom. The standard InChI is InChI=1S/C13H16FNO4S/c1-8-5-6-15(12(8)13(16)17)20(18,19)11-4-3-10(14)7-9(11)2/h3-4,7-8,12H,5-6H2,1-2H3,(H,16,17). The number of carboxylic acids is 1. The van der Waals surface area contributed by atoms with E-state index in [1.165, 1.54) is 13.0 Å². The first kappa shape index (κ1) is 14.9. The molecule has 0 saturated carbocycles. The average molecular weight is 301 g/mol. The highest BCUT2D eigenvalue weighted by Crippen LogP contribution is 2.31. The van der Waals surface area contributed by atoms with Crippen molar-refractivity contribution in [3.05, 3.63) is 29.6 Å². The molecule has 1 aromatic carbocycles. The Morgan fingerprint density at radius 2 is 2.10 bits per heavy atom. The van der Waals surface area contributed by atoms with Crippen molar-refractivity contribution in [2.75, 3.05) is 6.54 Å². The van der Waals surface area contributed by atoms with Crippen LogP contribution in [0, 0.1) is 18.7 Å². The molecule has 1 saturated heterocycles. The van der Waals surface area contributed by atoms with E-state index in [1.54, 1.807) is 6.92 Å². The van der Waals surface area contributed by atoms with Crippen LogP contribution in [0.2, 0.25) is 0 Å². The maximum absolute atomic E-state index is 13.1. The third-order valence-corrected chi connectivity index (χ3v) is 5.67. The lowest BCUT2D eigenvalue weighted by Crippen LogP contribution is -2.42. The minimum Gasteiger partial charge on any atom is -0.480 e. The van der Waals surface area contributed by atoms with E-state index in [9.17, 15) is 22.7 Å². The molecule has 0 bridgehead atoms. The second-order valence-electron chi connectivity index (χ2n) is 5.07. The summed E-state index contributed by atoms with van der Waals surface area (Å²) in [5, 5.41) is 9.21. The smallest absolute Gasteiger partial charge is 0.322 e. The fraction of sp³-hybridized carbons (Fsp3) is 0.462. The van der Waals surface area contributed by atoms with Crippen LogP contribution in [0.15, 0.2) is 23.1 Å². The number of carboxylic acid groups (broad SMARTS) is 1. The Bertz CT molecular complexity index is 644. The Kier molecular flexibility index (Phi) is 3.84. The number of rotatable bonds is 3. The fourth-order valence-electron chi connectivity index (χ4n) is 2.58. The second-order valence-corrected chi connectivity index (χ2v) is 6.93. The van der Waals surface area contributed by atoms with Crippen LogP contribution in [0.4, 0.5) is 4.39 Å². The fourth-order valence-corrected chi connectivity index (χ4v) is 4.48. The van der Waals surface area contributed by atoms with Gasteiger partial charge in [-0.05, 0) is 43.0 Å². The molecule has 0 aromatic heterocycles. The number of benzene rings is 1. The van der Waals surface area contributed by atoms with Crippen molar-refractivity contribution in [2.24, 2.45) is 5.92 Å². The largest absolute Gasteiger partial charge is 0.480 e. The third kappa shape index (κ3) is 2.43. The maximum atomic E-state index is 13.1. The van der Waals surface area contributed by atoms with Gasteiger partial charge in [0.1, 0.15) is 11.9 Å². The summed E-state index contributed by atoms with van der Waals surface area (Å²) in [5.74, 6) is -1.92.